The number of amides is 1. The van der Waals surface area contributed by atoms with E-state index in [9.17, 15) is 4.79 Å². The van der Waals surface area contributed by atoms with Gasteiger partial charge >= 0.3 is 0 Å². The van der Waals surface area contributed by atoms with Crippen LogP contribution in [-0.4, -0.2) is 12.5 Å². The minimum absolute atomic E-state index is 0.0185. The van der Waals surface area contributed by atoms with Crippen molar-refractivity contribution >= 4 is 44.8 Å². The molecule has 2 aromatic carbocycles. The van der Waals surface area contributed by atoms with Gasteiger partial charge in [-0.2, -0.15) is 0 Å². The number of carbonyl (C=O) groups is 1. The highest BCUT2D eigenvalue weighted by molar-refractivity contribution is 9.10. The van der Waals surface area contributed by atoms with E-state index in [0.717, 1.165) is 0 Å². The van der Waals surface area contributed by atoms with E-state index >= 15 is 0 Å². The van der Waals surface area contributed by atoms with Crippen LogP contribution in [-0.2, 0) is 4.79 Å². The number of nitrogen functional groups attached to an aromatic ring is 1. The van der Waals surface area contributed by atoms with Gasteiger partial charge in [-0.1, -0.05) is 11.6 Å². The minimum Gasteiger partial charge on any atom is -0.481 e. The number of rotatable bonds is 2. The Labute approximate surface area is 134 Å². The third-order valence-electron chi connectivity index (χ3n) is 2.86. The molecular weight excluding hydrogens is 360 g/mol. The zero-order valence-electron chi connectivity index (χ0n) is 10.7. The molecule has 1 amide bonds. The maximum absolute atomic E-state index is 11.3. The van der Waals surface area contributed by atoms with Crippen molar-refractivity contribution in [3.05, 3.63) is 39.8 Å². The molecule has 0 radical (unpaired) electrons. The lowest BCUT2D eigenvalue weighted by Gasteiger charge is -2.20. The van der Waals surface area contributed by atoms with Gasteiger partial charge in [-0.3, -0.25) is 4.79 Å². The van der Waals surface area contributed by atoms with E-state index in [1.807, 2.05) is 0 Å². The SMILES string of the molecule is Nc1cc2c(cc1Oc1ccc(Cl)cc1Br)NC(=O)CO2. The Morgan fingerprint density at radius 1 is 1.29 bits per heavy atom. The van der Waals surface area contributed by atoms with Crippen molar-refractivity contribution in [2.75, 3.05) is 17.7 Å². The number of hydrogen-bond donors (Lipinski definition) is 2. The summed E-state index contributed by atoms with van der Waals surface area (Å²) in [5.41, 5.74) is 6.89. The first-order chi connectivity index (χ1) is 10.0. The van der Waals surface area contributed by atoms with E-state index in [-0.39, 0.29) is 12.5 Å². The molecule has 0 saturated heterocycles. The fourth-order valence-corrected chi connectivity index (χ4v) is 2.65. The standard InChI is InChI=1S/C14H10BrClN2O3/c15-8-3-7(16)1-2-11(8)21-12-5-10-13(4-9(12)17)20-6-14(19)18-10/h1-5H,6,17H2,(H,18,19). The monoisotopic (exact) mass is 368 g/mol. The fourth-order valence-electron chi connectivity index (χ4n) is 1.89. The first-order valence-corrected chi connectivity index (χ1v) is 7.19. The molecule has 21 heavy (non-hydrogen) atoms. The lowest BCUT2D eigenvalue weighted by Crippen LogP contribution is -2.25. The third kappa shape index (κ3) is 2.91. The van der Waals surface area contributed by atoms with Crippen LogP contribution >= 0.6 is 27.5 Å². The Kier molecular flexibility index (Phi) is 3.65. The van der Waals surface area contributed by atoms with Crippen LogP contribution in [0.1, 0.15) is 0 Å². The normalized spacial score (nSPS) is 13.1. The Morgan fingerprint density at radius 2 is 2.10 bits per heavy atom. The summed E-state index contributed by atoms with van der Waals surface area (Å²) in [5.74, 6) is 1.29. The number of hydrogen-bond acceptors (Lipinski definition) is 4. The van der Waals surface area contributed by atoms with Crippen molar-refractivity contribution in [3.8, 4) is 17.2 Å². The highest BCUT2D eigenvalue weighted by Gasteiger charge is 2.19. The molecule has 0 aromatic heterocycles. The maximum Gasteiger partial charge on any atom is 0.262 e. The molecule has 0 unspecified atom stereocenters. The number of fused-ring (bicyclic) bond motifs is 1. The van der Waals surface area contributed by atoms with Crippen molar-refractivity contribution in [1.29, 1.82) is 0 Å². The second kappa shape index (κ2) is 5.46. The van der Waals surface area contributed by atoms with Crippen molar-refractivity contribution in [3.63, 3.8) is 0 Å². The summed E-state index contributed by atoms with van der Waals surface area (Å²) >= 11 is 9.26. The molecule has 1 aliphatic heterocycles. The number of halogens is 2. The summed E-state index contributed by atoms with van der Waals surface area (Å²) in [6, 6.07) is 8.40. The van der Waals surface area contributed by atoms with Crippen LogP contribution in [0.15, 0.2) is 34.8 Å². The molecule has 7 heteroatoms. The van der Waals surface area contributed by atoms with E-state index < -0.39 is 0 Å². The van der Waals surface area contributed by atoms with E-state index in [4.69, 9.17) is 26.8 Å². The molecule has 3 N–H and O–H groups in total. The van der Waals surface area contributed by atoms with Crippen LogP contribution in [0.2, 0.25) is 5.02 Å². The van der Waals surface area contributed by atoms with Gasteiger partial charge in [0.25, 0.3) is 5.91 Å². The molecule has 1 heterocycles. The number of ether oxygens (including phenoxy) is 2. The Hall–Kier alpha value is -1.92. The molecule has 3 rings (SSSR count). The van der Waals surface area contributed by atoms with Crippen LogP contribution in [0.5, 0.6) is 17.2 Å². The highest BCUT2D eigenvalue weighted by Crippen LogP contribution is 2.40. The summed E-state index contributed by atoms with van der Waals surface area (Å²) < 4.78 is 11.7. The van der Waals surface area contributed by atoms with Gasteiger partial charge in [0.05, 0.1) is 15.8 Å². The number of anilines is 2. The van der Waals surface area contributed by atoms with Crippen LogP contribution in [0, 0.1) is 0 Å². The first-order valence-electron chi connectivity index (χ1n) is 6.02. The maximum atomic E-state index is 11.3. The van der Waals surface area contributed by atoms with Crippen molar-refractivity contribution in [2.24, 2.45) is 0 Å². The smallest absolute Gasteiger partial charge is 0.262 e. The van der Waals surface area contributed by atoms with Crippen molar-refractivity contribution in [2.45, 2.75) is 0 Å². The van der Waals surface area contributed by atoms with Gasteiger partial charge in [-0.15, -0.1) is 0 Å². The lowest BCUT2D eigenvalue weighted by atomic mass is 10.2. The van der Waals surface area contributed by atoms with Gasteiger partial charge in [0.2, 0.25) is 0 Å². The van der Waals surface area contributed by atoms with Crippen LogP contribution in [0.3, 0.4) is 0 Å². The summed E-state index contributed by atoms with van der Waals surface area (Å²) in [6.07, 6.45) is 0. The second-order valence-electron chi connectivity index (χ2n) is 4.40. The number of nitrogens with two attached hydrogens (primary N) is 1. The van der Waals surface area contributed by atoms with Gasteiger partial charge in [-0.05, 0) is 34.1 Å². The third-order valence-corrected chi connectivity index (χ3v) is 3.71. The Balaban J connectivity index is 1.95. The zero-order valence-corrected chi connectivity index (χ0v) is 13.0. The van der Waals surface area contributed by atoms with Crippen LogP contribution < -0.4 is 20.5 Å². The van der Waals surface area contributed by atoms with E-state index in [1.165, 1.54) is 0 Å². The van der Waals surface area contributed by atoms with E-state index in [2.05, 4.69) is 21.2 Å². The molecule has 0 saturated carbocycles. The van der Waals surface area contributed by atoms with Gasteiger partial charge in [0.15, 0.2) is 12.4 Å². The summed E-state index contributed by atoms with van der Waals surface area (Å²) in [6.45, 7) is -0.0185. The highest BCUT2D eigenvalue weighted by atomic mass is 79.9. The molecule has 2 aromatic rings. The van der Waals surface area contributed by atoms with E-state index in [1.54, 1.807) is 30.3 Å². The molecule has 0 aliphatic carbocycles. The van der Waals surface area contributed by atoms with Crippen LogP contribution in [0.25, 0.3) is 0 Å². The first kappa shape index (κ1) is 14.0. The molecule has 0 atom stereocenters. The van der Waals surface area contributed by atoms with E-state index in [0.29, 0.717) is 38.1 Å². The molecule has 5 nitrogen and oxygen atoms in total. The summed E-state index contributed by atoms with van der Waals surface area (Å²) in [4.78, 5) is 11.3. The number of nitrogens with one attached hydrogen (secondary N) is 1. The Morgan fingerprint density at radius 3 is 2.86 bits per heavy atom. The number of benzene rings is 2. The summed E-state index contributed by atoms with van der Waals surface area (Å²) in [7, 11) is 0. The molecule has 0 spiro atoms. The van der Waals surface area contributed by atoms with Crippen LogP contribution in [0.4, 0.5) is 11.4 Å². The number of carbonyl (C=O) groups excluding carboxylic acids is 1. The van der Waals surface area contributed by atoms with Gasteiger partial charge < -0.3 is 20.5 Å². The Bertz CT molecular complexity index is 736. The lowest BCUT2D eigenvalue weighted by molar-refractivity contribution is -0.118. The largest absolute Gasteiger partial charge is 0.481 e. The molecule has 108 valence electrons. The molecule has 1 aliphatic rings. The van der Waals surface area contributed by atoms with Crippen molar-refractivity contribution < 1.29 is 14.3 Å². The average Bonchev–Trinajstić information content (AvgIpc) is 2.43. The van der Waals surface area contributed by atoms with Crippen molar-refractivity contribution in [1.82, 2.24) is 0 Å². The average molecular weight is 370 g/mol. The fraction of sp³-hybridized carbons (Fsp3) is 0.0714. The quantitative estimate of drug-likeness (QED) is 0.790. The summed E-state index contributed by atoms with van der Waals surface area (Å²) in [5, 5.41) is 3.30. The van der Waals surface area contributed by atoms with Gasteiger partial charge in [0.1, 0.15) is 11.5 Å². The molecule has 0 fully saturated rings. The predicted octanol–water partition coefficient (Wildman–Crippen LogP) is 3.81. The van der Waals surface area contributed by atoms with Gasteiger partial charge in [0, 0.05) is 17.2 Å². The topological polar surface area (TPSA) is 73.6 Å². The predicted molar refractivity (Wildman–Crippen MR) is 84.2 cm³/mol. The molecule has 0 bridgehead atoms. The zero-order chi connectivity index (χ0) is 15.0. The minimum atomic E-state index is -0.217. The van der Waals surface area contributed by atoms with Gasteiger partial charge in [-0.25, -0.2) is 0 Å². The second-order valence-corrected chi connectivity index (χ2v) is 5.69. The molecular formula is C14H10BrClN2O3.